The number of aromatic nitrogens is 1. The Morgan fingerprint density at radius 3 is 3.06 bits per heavy atom. The fraction of sp³-hybridized carbons (Fsp3) is 0.467. The topological polar surface area (TPSA) is 39.3 Å². The van der Waals surface area contributed by atoms with Gasteiger partial charge in [0.1, 0.15) is 0 Å². The number of para-hydroxylation sites is 1. The largest absolute Gasteiger partial charge is 0.391 e. The van der Waals surface area contributed by atoms with Crippen molar-refractivity contribution in [2.24, 2.45) is 0 Å². The summed E-state index contributed by atoms with van der Waals surface area (Å²) in [5, 5.41) is 11.7. The number of piperidine rings is 1. The average molecular weight is 242 g/mol. The molecule has 2 N–H and O–H groups in total. The van der Waals surface area contributed by atoms with E-state index < -0.39 is 0 Å². The van der Waals surface area contributed by atoms with Crippen molar-refractivity contribution in [3.63, 3.8) is 0 Å². The van der Waals surface area contributed by atoms with E-state index in [2.05, 4.69) is 34.1 Å². The Balaban J connectivity index is 1.90. The molecule has 94 valence electrons. The van der Waals surface area contributed by atoms with Crippen LogP contribution in [0.2, 0.25) is 0 Å². The number of aliphatic hydroxyl groups is 1. The maximum absolute atomic E-state index is 10.3. The van der Waals surface area contributed by atoms with Crippen molar-refractivity contribution in [2.45, 2.75) is 31.4 Å². The summed E-state index contributed by atoms with van der Waals surface area (Å²) < 4.78 is 0. The first-order chi connectivity index (χ1) is 8.84. The zero-order chi connectivity index (χ0) is 12.1. The predicted octanol–water partition coefficient (Wildman–Crippen LogP) is 2.22. The molecule has 3 heterocycles. The van der Waals surface area contributed by atoms with Crippen molar-refractivity contribution in [2.75, 3.05) is 13.1 Å². The maximum atomic E-state index is 10.3. The zero-order valence-electron chi connectivity index (χ0n) is 10.4. The van der Waals surface area contributed by atoms with Crippen LogP contribution >= 0.6 is 0 Å². The average Bonchev–Trinajstić information content (AvgIpc) is 2.77. The molecule has 0 saturated carbocycles. The van der Waals surface area contributed by atoms with Gasteiger partial charge < -0.3 is 10.1 Å². The molecule has 2 aliphatic heterocycles. The first kappa shape index (κ1) is 10.6. The fourth-order valence-electron chi connectivity index (χ4n) is 3.67. The highest BCUT2D eigenvalue weighted by atomic mass is 16.3. The van der Waals surface area contributed by atoms with E-state index in [1.807, 2.05) is 0 Å². The van der Waals surface area contributed by atoms with Crippen LogP contribution in [-0.2, 0) is 6.42 Å². The van der Waals surface area contributed by atoms with Crippen LogP contribution in [0, 0.1) is 0 Å². The fourth-order valence-corrected chi connectivity index (χ4v) is 3.67. The van der Waals surface area contributed by atoms with Crippen LogP contribution in [0.1, 0.15) is 30.1 Å². The van der Waals surface area contributed by atoms with E-state index in [-0.39, 0.29) is 12.1 Å². The van der Waals surface area contributed by atoms with Crippen molar-refractivity contribution in [1.82, 2.24) is 9.88 Å². The summed E-state index contributed by atoms with van der Waals surface area (Å²) in [4.78, 5) is 5.98. The van der Waals surface area contributed by atoms with Gasteiger partial charge in [-0.05, 0) is 37.4 Å². The van der Waals surface area contributed by atoms with Crippen LogP contribution in [0.15, 0.2) is 24.3 Å². The van der Waals surface area contributed by atoms with E-state index >= 15 is 0 Å². The molecule has 18 heavy (non-hydrogen) atoms. The quantitative estimate of drug-likeness (QED) is 0.743. The van der Waals surface area contributed by atoms with Gasteiger partial charge in [0.25, 0.3) is 0 Å². The number of nitrogens with one attached hydrogen (secondary N) is 1. The SMILES string of the molecule is O[C@@H]1CCCN2CCc3c([nH]c4ccccc34)[C@H]12. The molecule has 1 aromatic heterocycles. The van der Waals surface area contributed by atoms with Crippen molar-refractivity contribution >= 4 is 10.9 Å². The standard InChI is InChI=1S/C15H18N2O/c18-13-6-3-8-17-9-7-11-10-4-1-2-5-12(10)16-14(11)15(13)17/h1-2,4-5,13,15-16,18H,3,6-9H2/t13-,15+/m1/s1. The number of rotatable bonds is 0. The lowest BCUT2D eigenvalue weighted by Gasteiger charge is -2.42. The van der Waals surface area contributed by atoms with Gasteiger partial charge in [0, 0.05) is 23.1 Å². The van der Waals surface area contributed by atoms with Gasteiger partial charge >= 0.3 is 0 Å². The molecule has 3 nitrogen and oxygen atoms in total. The molecule has 0 spiro atoms. The van der Waals surface area contributed by atoms with E-state index in [4.69, 9.17) is 0 Å². The lowest BCUT2D eigenvalue weighted by Crippen LogP contribution is -2.45. The van der Waals surface area contributed by atoms with E-state index in [9.17, 15) is 5.11 Å². The van der Waals surface area contributed by atoms with E-state index in [0.717, 1.165) is 32.4 Å². The lowest BCUT2D eigenvalue weighted by molar-refractivity contribution is 0.00272. The third-order valence-corrected chi connectivity index (χ3v) is 4.49. The normalized spacial score (nSPS) is 28.1. The molecular weight excluding hydrogens is 224 g/mol. The van der Waals surface area contributed by atoms with Crippen molar-refractivity contribution in [3.8, 4) is 0 Å². The number of fused-ring (bicyclic) bond motifs is 5. The molecule has 2 aromatic rings. The highest BCUT2D eigenvalue weighted by Crippen LogP contribution is 2.39. The van der Waals surface area contributed by atoms with Gasteiger partial charge in [-0.3, -0.25) is 4.90 Å². The van der Waals surface area contributed by atoms with Crippen molar-refractivity contribution in [3.05, 3.63) is 35.5 Å². The summed E-state index contributed by atoms with van der Waals surface area (Å²) in [6.45, 7) is 2.20. The van der Waals surface area contributed by atoms with E-state index in [1.54, 1.807) is 0 Å². The Morgan fingerprint density at radius 2 is 2.11 bits per heavy atom. The molecular formula is C15H18N2O. The minimum absolute atomic E-state index is 0.190. The van der Waals surface area contributed by atoms with E-state index in [0.29, 0.717) is 0 Å². The van der Waals surface area contributed by atoms with Gasteiger partial charge in [0.05, 0.1) is 12.1 Å². The molecule has 2 atom stereocenters. The molecule has 4 rings (SSSR count). The van der Waals surface area contributed by atoms with E-state index in [1.165, 1.54) is 22.2 Å². The van der Waals surface area contributed by atoms with Crippen LogP contribution in [0.4, 0.5) is 0 Å². The molecule has 3 heteroatoms. The molecule has 2 aliphatic rings. The predicted molar refractivity (Wildman–Crippen MR) is 71.6 cm³/mol. The number of aromatic amines is 1. The van der Waals surface area contributed by atoms with Gasteiger partial charge in [0.15, 0.2) is 0 Å². The molecule has 1 fully saturated rings. The highest BCUT2D eigenvalue weighted by molar-refractivity contribution is 5.85. The zero-order valence-corrected chi connectivity index (χ0v) is 10.4. The number of hydrogen-bond acceptors (Lipinski definition) is 2. The lowest BCUT2D eigenvalue weighted by atomic mass is 9.89. The van der Waals surface area contributed by atoms with Gasteiger partial charge in [-0.1, -0.05) is 18.2 Å². The Morgan fingerprint density at radius 1 is 1.22 bits per heavy atom. The Hall–Kier alpha value is -1.32. The Labute approximate surface area is 106 Å². The minimum Gasteiger partial charge on any atom is -0.391 e. The smallest absolute Gasteiger partial charge is 0.0764 e. The number of nitrogens with zero attached hydrogens (tertiary/aromatic N) is 1. The summed E-state index contributed by atoms with van der Waals surface area (Å²) in [5.74, 6) is 0. The van der Waals surface area contributed by atoms with Gasteiger partial charge in [0.2, 0.25) is 0 Å². The molecule has 0 unspecified atom stereocenters. The molecule has 1 saturated heterocycles. The number of aliphatic hydroxyl groups excluding tert-OH is 1. The van der Waals surface area contributed by atoms with Crippen LogP contribution in [0.25, 0.3) is 10.9 Å². The molecule has 0 aliphatic carbocycles. The summed E-state index contributed by atoms with van der Waals surface area (Å²) in [7, 11) is 0. The molecule has 0 radical (unpaired) electrons. The number of hydrogen-bond donors (Lipinski definition) is 2. The maximum Gasteiger partial charge on any atom is 0.0764 e. The van der Waals surface area contributed by atoms with Crippen LogP contribution in [0.3, 0.4) is 0 Å². The highest BCUT2D eigenvalue weighted by Gasteiger charge is 2.37. The van der Waals surface area contributed by atoms with Crippen LogP contribution in [-0.4, -0.2) is 34.2 Å². The number of benzene rings is 1. The number of H-pyrrole nitrogens is 1. The van der Waals surface area contributed by atoms with Gasteiger partial charge in [-0.2, -0.15) is 0 Å². The first-order valence-corrected chi connectivity index (χ1v) is 6.86. The third kappa shape index (κ3) is 1.38. The van der Waals surface area contributed by atoms with Gasteiger partial charge in [-0.25, -0.2) is 0 Å². The Kier molecular flexibility index (Phi) is 2.26. The molecule has 0 bridgehead atoms. The van der Waals surface area contributed by atoms with Gasteiger partial charge in [-0.15, -0.1) is 0 Å². The third-order valence-electron chi connectivity index (χ3n) is 4.49. The van der Waals surface area contributed by atoms with Crippen molar-refractivity contribution in [1.29, 1.82) is 0 Å². The van der Waals surface area contributed by atoms with Crippen molar-refractivity contribution < 1.29 is 5.11 Å². The summed E-state index contributed by atoms with van der Waals surface area (Å²) >= 11 is 0. The summed E-state index contributed by atoms with van der Waals surface area (Å²) in [5.41, 5.74) is 3.89. The second-order valence-corrected chi connectivity index (χ2v) is 5.50. The Bertz CT molecular complexity index is 589. The molecule has 0 amide bonds. The van der Waals surface area contributed by atoms with Crippen LogP contribution < -0.4 is 0 Å². The first-order valence-electron chi connectivity index (χ1n) is 6.86. The summed E-state index contributed by atoms with van der Waals surface area (Å²) in [6.07, 6.45) is 2.93. The monoisotopic (exact) mass is 242 g/mol. The minimum atomic E-state index is -0.217. The molecule has 1 aromatic carbocycles. The van der Waals surface area contributed by atoms with Crippen LogP contribution in [0.5, 0.6) is 0 Å². The summed E-state index contributed by atoms with van der Waals surface area (Å²) in [6, 6.07) is 8.68. The second-order valence-electron chi connectivity index (χ2n) is 5.50. The second kappa shape index (κ2) is 3.84.